The number of alkyl halides is 9. The molecule has 2 rings (SSSR count). The number of ether oxygens (including phenoxy) is 6. The van der Waals surface area contributed by atoms with Crippen LogP contribution in [0.5, 0.6) is 0 Å². The number of rotatable bonds is 21. The zero-order valence-corrected chi connectivity index (χ0v) is 31.0. The van der Waals surface area contributed by atoms with E-state index in [2.05, 4.69) is 6.58 Å². The third-order valence-electron chi connectivity index (χ3n) is 7.37. The van der Waals surface area contributed by atoms with Gasteiger partial charge in [-0.2, -0.15) is 30.7 Å². The minimum Gasteiger partial charge on any atom is -0.501 e. The molecule has 0 aromatic heterocycles. The summed E-state index contributed by atoms with van der Waals surface area (Å²) in [5.74, 6) is -14.0. The second kappa shape index (κ2) is 20.6. The van der Waals surface area contributed by atoms with Crippen LogP contribution in [0.4, 0.5) is 50.9 Å². The summed E-state index contributed by atoms with van der Waals surface area (Å²) in [6.07, 6.45) is -10.4. The lowest BCUT2D eigenvalue weighted by Gasteiger charge is -2.32. The molecule has 0 amide bonds. The lowest BCUT2D eigenvalue weighted by atomic mass is 9.92. The number of halogens is 9. The average molecular weight is 807 g/mol. The lowest BCUT2D eigenvalue weighted by Crippen LogP contribution is -2.55. The van der Waals surface area contributed by atoms with Gasteiger partial charge in [0, 0.05) is 29.3 Å². The maximum atomic E-state index is 12.5. The summed E-state index contributed by atoms with van der Waals surface area (Å²) in [6, 6.07) is 13.1. The van der Waals surface area contributed by atoms with E-state index in [9.17, 15) is 49.1 Å². The van der Waals surface area contributed by atoms with Crippen molar-refractivity contribution < 1.29 is 77.5 Å². The van der Waals surface area contributed by atoms with Gasteiger partial charge < -0.3 is 39.9 Å². The Morgan fingerprint density at radius 1 is 0.655 bits per heavy atom. The van der Waals surface area contributed by atoms with E-state index in [1.807, 2.05) is 27.7 Å². The smallest absolute Gasteiger partial charge is 0.460 e. The number of benzene rings is 2. The van der Waals surface area contributed by atoms with Crippen molar-refractivity contribution in [3.63, 3.8) is 0 Å². The summed E-state index contributed by atoms with van der Waals surface area (Å²) in [6.45, 7) is 13.7. The maximum Gasteiger partial charge on any atom is 0.460 e. The van der Waals surface area contributed by atoms with Crippen LogP contribution in [0.1, 0.15) is 48.4 Å². The monoisotopic (exact) mass is 806 g/mol. The molecule has 2 atom stereocenters. The van der Waals surface area contributed by atoms with Gasteiger partial charge in [0.2, 0.25) is 0 Å². The standard InChI is InChI=1S/C32H46N2O8.C4HF9/c1-7-38-19-32(5,23-42-29(36)25-10-14-27(34)15-11-25)21-40-17-30(2,3)16-39-20-31(4,18-37-6)22-41-28(35)24-8-12-26(33)13-9-24;5-1(6)2(7,8)3(9,10)4(11,12)13/h7-15H,1,16-23,33-34H2,2-6H3;1H. The number of esters is 2. The van der Waals surface area contributed by atoms with E-state index < -0.39 is 47.2 Å². The number of methoxy groups -OCH3 is 1. The number of nitrogens with two attached hydrogens (primary N) is 2. The molecule has 0 saturated heterocycles. The highest BCUT2D eigenvalue weighted by Crippen LogP contribution is 2.49. The lowest BCUT2D eigenvalue weighted by molar-refractivity contribution is -0.375. The molecule has 312 valence electrons. The van der Waals surface area contributed by atoms with Gasteiger partial charge >= 0.3 is 36.4 Å². The molecule has 2 aromatic rings. The molecule has 0 aliphatic rings. The van der Waals surface area contributed by atoms with Crippen LogP contribution in [0.25, 0.3) is 0 Å². The van der Waals surface area contributed by atoms with Crippen molar-refractivity contribution in [3.05, 3.63) is 72.5 Å². The van der Waals surface area contributed by atoms with Crippen molar-refractivity contribution in [2.75, 3.05) is 71.4 Å². The van der Waals surface area contributed by atoms with Crippen LogP contribution in [-0.2, 0) is 28.4 Å². The van der Waals surface area contributed by atoms with Gasteiger partial charge in [-0.3, -0.25) is 0 Å². The molecule has 4 N–H and O–H groups in total. The van der Waals surface area contributed by atoms with Gasteiger partial charge in [0.05, 0.1) is 62.4 Å². The Morgan fingerprint density at radius 2 is 1.04 bits per heavy atom. The van der Waals surface area contributed by atoms with E-state index in [1.54, 1.807) is 55.6 Å². The van der Waals surface area contributed by atoms with Crippen LogP contribution in [0, 0.1) is 16.2 Å². The number of carbonyl (C=O) groups excluding carboxylic acids is 2. The van der Waals surface area contributed by atoms with E-state index in [4.69, 9.17) is 39.9 Å². The van der Waals surface area contributed by atoms with Crippen LogP contribution in [0.2, 0.25) is 0 Å². The summed E-state index contributed by atoms with van der Waals surface area (Å²) in [5.41, 5.74) is 11.9. The third-order valence-corrected chi connectivity index (χ3v) is 7.37. The molecular weight excluding hydrogens is 759 g/mol. The summed E-state index contributed by atoms with van der Waals surface area (Å²) in [7, 11) is 1.60. The molecular formula is C36H47F9N2O8. The van der Waals surface area contributed by atoms with Crippen LogP contribution in [0.3, 0.4) is 0 Å². The first-order valence-corrected chi connectivity index (χ1v) is 16.3. The Labute approximate surface area is 313 Å². The first-order valence-electron chi connectivity index (χ1n) is 16.3. The van der Waals surface area contributed by atoms with Gasteiger partial charge in [-0.25, -0.2) is 18.4 Å². The summed E-state index contributed by atoms with van der Waals surface area (Å²) >= 11 is 0. The fraction of sp³-hybridized carbons (Fsp3) is 0.556. The van der Waals surface area contributed by atoms with Gasteiger partial charge in [0.15, 0.2) is 0 Å². The van der Waals surface area contributed by atoms with Crippen molar-refractivity contribution in [1.29, 1.82) is 0 Å². The van der Waals surface area contributed by atoms with Gasteiger partial charge in [-0.05, 0) is 48.5 Å². The first kappa shape index (κ1) is 48.8. The van der Waals surface area contributed by atoms with Gasteiger partial charge in [-0.1, -0.05) is 34.3 Å². The summed E-state index contributed by atoms with van der Waals surface area (Å²) in [4.78, 5) is 25.0. The maximum absolute atomic E-state index is 12.5. The Morgan fingerprint density at radius 3 is 1.35 bits per heavy atom. The van der Waals surface area contributed by atoms with Crippen molar-refractivity contribution in [2.45, 2.75) is 52.1 Å². The molecule has 2 aromatic carbocycles. The fourth-order valence-electron chi connectivity index (χ4n) is 4.26. The fourth-order valence-corrected chi connectivity index (χ4v) is 4.26. The zero-order chi connectivity index (χ0) is 42.3. The van der Waals surface area contributed by atoms with E-state index in [0.29, 0.717) is 48.9 Å². The number of anilines is 2. The largest absolute Gasteiger partial charge is 0.501 e. The van der Waals surface area contributed by atoms with Crippen molar-refractivity contribution in [1.82, 2.24) is 0 Å². The topological polar surface area (TPSA) is 142 Å². The summed E-state index contributed by atoms with van der Waals surface area (Å²) in [5, 5.41) is 0. The van der Waals surface area contributed by atoms with Crippen LogP contribution in [0.15, 0.2) is 61.4 Å². The highest BCUT2D eigenvalue weighted by molar-refractivity contribution is 5.90. The second-order valence-corrected chi connectivity index (χ2v) is 14.1. The number of carbonyl (C=O) groups is 2. The molecule has 55 heavy (non-hydrogen) atoms. The van der Waals surface area contributed by atoms with Gasteiger partial charge in [-0.15, -0.1) is 0 Å². The number of nitrogen functional groups attached to an aromatic ring is 2. The minimum atomic E-state index is -6.73. The number of hydrogen-bond donors (Lipinski definition) is 2. The predicted octanol–water partition coefficient (Wildman–Crippen LogP) is 7.83. The molecule has 10 nitrogen and oxygen atoms in total. The minimum absolute atomic E-state index is 0.0887. The predicted molar refractivity (Wildman–Crippen MR) is 184 cm³/mol. The molecule has 0 saturated carbocycles. The van der Waals surface area contributed by atoms with E-state index in [-0.39, 0.29) is 31.8 Å². The van der Waals surface area contributed by atoms with E-state index in [1.165, 1.54) is 6.26 Å². The highest BCUT2D eigenvalue weighted by atomic mass is 19.4. The Hall–Kier alpha value is -4.23. The second-order valence-electron chi connectivity index (χ2n) is 14.1. The Bertz CT molecular complexity index is 1490. The molecule has 0 fully saturated rings. The molecule has 19 heteroatoms. The Kier molecular flexibility index (Phi) is 18.3. The molecule has 0 heterocycles. The van der Waals surface area contributed by atoms with Gasteiger partial charge in [0.1, 0.15) is 13.2 Å². The first-order chi connectivity index (χ1) is 25.2. The van der Waals surface area contributed by atoms with Crippen molar-refractivity contribution in [2.24, 2.45) is 16.2 Å². The van der Waals surface area contributed by atoms with Crippen LogP contribution in [-0.4, -0.2) is 96.4 Å². The van der Waals surface area contributed by atoms with E-state index >= 15 is 0 Å². The number of hydrogen-bond acceptors (Lipinski definition) is 10. The molecule has 0 bridgehead atoms. The average Bonchev–Trinajstić information content (AvgIpc) is 3.09. The van der Waals surface area contributed by atoms with Gasteiger partial charge in [0.25, 0.3) is 0 Å². The quantitative estimate of drug-likeness (QED) is 0.0555. The van der Waals surface area contributed by atoms with E-state index in [0.717, 1.165) is 0 Å². The highest BCUT2D eigenvalue weighted by Gasteiger charge is 2.76. The SMILES string of the molecule is C=COCC(C)(COCC(C)(C)COCC(C)(COC)COC(=O)c1ccc(N)cc1)COC(=O)c1ccc(N)cc1.FC(F)C(F)(F)C(F)(F)C(F)(F)F. The molecule has 0 aliphatic carbocycles. The van der Waals surface area contributed by atoms with Crippen LogP contribution < -0.4 is 11.5 Å². The van der Waals surface area contributed by atoms with Crippen molar-refractivity contribution in [3.8, 4) is 0 Å². The molecule has 0 spiro atoms. The Balaban J connectivity index is 0.000000988. The van der Waals surface area contributed by atoms with Crippen LogP contribution >= 0.6 is 0 Å². The normalized spacial score (nSPS) is 14.5. The molecule has 0 aliphatic heterocycles. The molecule has 2 unspecified atom stereocenters. The zero-order valence-electron chi connectivity index (χ0n) is 31.0. The third kappa shape index (κ3) is 15.8. The van der Waals surface area contributed by atoms with Crippen molar-refractivity contribution >= 4 is 23.3 Å². The summed E-state index contributed by atoms with van der Waals surface area (Å²) < 4.78 is 136. The molecule has 0 radical (unpaired) electrons.